The van der Waals surface area contributed by atoms with Crippen molar-refractivity contribution in [2.75, 3.05) is 36.7 Å². The van der Waals surface area contributed by atoms with Crippen LogP contribution >= 0.6 is 11.3 Å². The molecule has 5 fully saturated rings. The van der Waals surface area contributed by atoms with E-state index in [0.717, 1.165) is 62.2 Å². The number of para-hydroxylation sites is 1. The molecule has 5 aliphatic rings. The van der Waals surface area contributed by atoms with Crippen LogP contribution in [0.15, 0.2) is 66.9 Å². The molecule has 1 unspecified atom stereocenters. The highest BCUT2D eigenvalue weighted by atomic mass is 32.2. The highest BCUT2D eigenvalue weighted by Crippen LogP contribution is 2.60. The molecule has 6 heterocycles. The van der Waals surface area contributed by atoms with E-state index in [4.69, 9.17) is 14.8 Å². The Kier molecular flexibility index (Phi) is 16.7. The standard InChI is InChI=1S/C62H78N14O8S2/c1-35-23-51(69-70-55(35)68-60-65-46-15-12-13-16-49(46)85-60)73(7)50-21-19-43(45-32-63-76(37(45)3)34-62-29-38-24-39(30-62)26-40(25-38)31-62)53(66-50)57(80)72-86(82,83)22-14-10-11-17-52(78)67-54(61(4,5)6)59(81)75-33-42(77)28-48(75)56(79)64-36(2)41-18-20-47-44(27-41)58(84-9)71-74(47)8/h12-13,15-16,18-21,23,27,32,36,38-40,42,48,54,77H,10-11,14,17,22,24-26,28-31,33-34H2,1-9H3,(H,64,79)(H,67,78)(H,72,80)(H,65,68,70)/t36?,38?,39?,40?,42-,48+,54-,62?/m1/s1. The van der Waals surface area contributed by atoms with Gasteiger partial charge in [-0.1, -0.05) is 56.7 Å². The van der Waals surface area contributed by atoms with Gasteiger partial charge in [-0.05, 0) is 154 Å². The maximum atomic E-state index is 14.5. The fourth-order valence-corrected chi connectivity index (χ4v) is 15.9. The van der Waals surface area contributed by atoms with Gasteiger partial charge in [-0.25, -0.2) is 23.1 Å². The highest BCUT2D eigenvalue weighted by Gasteiger charge is 2.51. The summed E-state index contributed by atoms with van der Waals surface area (Å²) in [5.74, 6) is 1.38. The number of carbonyl (C=O) groups excluding carboxylic acids is 4. The van der Waals surface area contributed by atoms with E-state index in [9.17, 15) is 32.7 Å². The van der Waals surface area contributed by atoms with Crippen molar-refractivity contribution in [3.05, 3.63) is 89.4 Å². The number of fused-ring (bicyclic) bond motifs is 2. The lowest BCUT2D eigenvalue weighted by Crippen LogP contribution is -2.57. The molecule has 4 bridgehead atoms. The number of aromatic nitrogens is 8. The number of nitrogens with one attached hydrogen (secondary N) is 4. The van der Waals surface area contributed by atoms with Gasteiger partial charge < -0.3 is 35.6 Å². The number of benzene rings is 2. The molecule has 4 atom stereocenters. The molecule has 12 rings (SSSR count). The number of aliphatic hydroxyl groups is 1. The number of aliphatic hydroxyl groups excluding tert-OH is 1. The van der Waals surface area contributed by atoms with Crippen molar-refractivity contribution < 1.29 is 37.4 Å². The maximum absolute atomic E-state index is 14.5. The molecule has 1 aliphatic heterocycles. The van der Waals surface area contributed by atoms with E-state index in [0.29, 0.717) is 46.0 Å². The summed E-state index contributed by atoms with van der Waals surface area (Å²) in [5.41, 5.74) is 4.60. The van der Waals surface area contributed by atoms with E-state index in [-0.39, 0.29) is 43.3 Å². The van der Waals surface area contributed by atoms with E-state index in [1.54, 1.807) is 42.1 Å². The number of sulfonamides is 1. The number of methoxy groups -OCH3 is 1. The number of aryl methyl sites for hydroxylation is 2. The summed E-state index contributed by atoms with van der Waals surface area (Å²) in [6.07, 6.45) is 9.13. The van der Waals surface area contributed by atoms with Crippen LogP contribution in [0.1, 0.15) is 132 Å². The number of anilines is 4. The van der Waals surface area contributed by atoms with E-state index in [1.165, 1.54) is 54.8 Å². The number of carbonyl (C=O) groups is 4. The predicted molar refractivity (Wildman–Crippen MR) is 330 cm³/mol. The lowest BCUT2D eigenvalue weighted by atomic mass is 9.49. The summed E-state index contributed by atoms with van der Waals surface area (Å²) < 4.78 is 40.2. The second-order valence-corrected chi connectivity index (χ2v) is 28.5. The first kappa shape index (κ1) is 60.1. The Bertz CT molecular complexity index is 3780. The topological polar surface area (TPSA) is 274 Å². The minimum Gasteiger partial charge on any atom is -0.479 e. The Morgan fingerprint density at radius 3 is 2.33 bits per heavy atom. The molecule has 5 aromatic heterocycles. The van der Waals surface area contributed by atoms with Crippen molar-refractivity contribution in [3.8, 4) is 17.0 Å². The molecule has 0 radical (unpaired) electrons. The molecular weight excluding hydrogens is 1130 g/mol. The molecule has 456 valence electrons. The molecule has 2 aromatic carbocycles. The van der Waals surface area contributed by atoms with Gasteiger partial charge in [0.05, 0.1) is 52.3 Å². The van der Waals surface area contributed by atoms with Crippen molar-refractivity contribution in [3.63, 3.8) is 0 Å². The summed E-state index contributed by atoms with van der Waals surface area (Å²) in [6, 6.07) is 16.5. The number of thiazole rings is 1. The van der Waals surface area contributed by atoms with Gasteiger partial charge in [-0.3, -0.25) is 28.5 Å². The fraction of sp³-hybridized carbons (Fsp3) is 0.516. The molecule has 24 heteroatoms. The Morgan fingerprint density at radius 2 is 1.63 bits per heavy atom. The number of amides is 4. The van der Waals surface area contributed by atoms with Crippen molar-refractivity contribution >= 4 is 88.7 Å². The van der Waals surface area contributed by atoms with Crippen LogP contribution in [0.2, 0.25) is 0 Å². The monoisotopic (exact) mass is 1210 g/mol. The normalized spacial score (nSPS) is 21.6. The van der Waals surface area contributed by atoms with Crippen molar-refractivity contribution in [2.45, 2.75) is 143 Å². The number of likely N-dealkylation sites (tertiary alicyclic amines) is 1. The first-order valence-corrected chi connectivity index (χ1v) is 32.3. The van der Waals surface area contributed by atoms with Crippen LogP contribution < -0.4 is 30.3 Å². The summed E-state index contributed by atoms with van der Waals surface area (Å²) in [5, 5.41) is 39.7. The number of unbranched alkanes of at least 4 members (excludes halogenated alkanes) is 2. The van der Waals surface area contributed by atoms with E-state index >= 15 is 0 Å². The van der Waals surface area contributed by atoms with Gasteiger partial charge >= 0.3 is 0 Å². The molecule has 5 N–H and O–H groups in total. The van der Waals surface area contributed by atoms with Crippen LogP contribution in [0.4, 0.5) is 22.6 Å². The van der Waals surface area contributed by atoms with Crippen LogP contribution in [0.3, 0.4) is 0 Å². The second kappa shape index (κ2) is 23.9. The first-order valence-electron chi connectivity index (χ1n) is 29.8. The largest absolute Gasteiger partial charge is 0.479 e. The molecule has 4 aliphatic carbocycles. The quantitative estimate of drug-likeness (QED) is 0.0421. The number of hydrogen-bond acceptors (Lipinski definition) is 17. The fourth-order valence-electron chi connectivity index (χ4n) is 14.0. The van der Waals surface area contributed by atoms with Crippen molar-refractivity contribution in [1.29, 1.82) is 0 Å². The molecule has 22 nitrogen and oxygen atoms in total. The van der Waals surface area contributed by atoms with E-state index in [1.807, 2.05) is 97.1 Å². The molecule has 1 saturated heterocycles. The van der Waals surface area contributed by atoms with Gasteiger partial charge in [0, 0.05) is 56.8 Å². The predicted octanol–water partition coefficient (Wildman–Crippen LogP) is 8.57. The molecule has 4 amide bonds. The SMILES string of the molecule is COc1nn(C)c2ccc(C(C)NC(=O)[C@@H]3C[C@@H](O)CN3C(=O)[C@@H](NC(=O)CCCCCS(=O)(=O)NC(=O)c3nc(N(C)c4cc(C)c(Nc5nc6ccccc6s5)nn4)ccc3-c3cnn(CC45CC6CC(CC(C6)C4)C5)c3C)C(C)(C)C)cc12. The Balaban J connectivity index is 0.733. The lowest BCUT2D eigenvalue weighted by Gasteiger charge is -2.56. The van der Waals surface area contributed by atoms with Gasteiger partial charge in [0.1, 0.15) is 23.6 Å². The minimum atomic E-state index is -4.22. The molecule has 0 spiro atoms. The van der Waals surface area contributed by atoms with Crippen LogP contribution in [0.5, 0.6) is 5.88 Å². The summed E-state index contributed by atoms with van der Waals surface area (Å²) in [6.45, 7) is 11.9. The smallest absolute Gasteiger partial charge is 0.284 e. The van der Waals surface area contributed by atoms with Crippen LogP contribution in [0, 0.1) is 42.4 Å². The summed E-state index contributed by atoms with van der Waals surface area (Å²) in [7, 11) is 0.888. The number of rotatable bonds is 21. The third kappa shape index (κ3) is 12.6. The zero-order valence-corrected chi connectivity index (χ0v) is 52.0. The molecule has 86 heavy (non-hydrogen) atoms. The van der Waals surface area contributed by atoms with Gasteiger partial charge in [0.25, 0.3) is 5.91 Å². The summed E-state index contributed by atoms with van der Waals surface area (Å²) in [4.78, 5) is 68.9. The number of pyridine rings is 1. The van der Waals surface area contributed by atoms with Crippen molar-refractivity contribution in [2.24, 2.45) is 35.6 Å². The number of nitrogens with zero attached hydrogens (tertiary/aromatic N) is 10. The third-order valence-corrected chi connectivity index (χ3v) is 20.3. The first-order chi connectivity index (χ1) is 40.9. The van der Waals surface area contributed by atoms with Gasteiger partial charge in [0.15, 0.2) is 16.8 Å². The van der Waals surface area contributed by atoms with E-state index in [2.05, 4.69) is 45.6 Å². The van der Waals surface area contributed by atoms with Gasteiger partial charge in [0.2, 0.25) is 33.6 Å². The highest BCUT2D eigenvalue weighted by molar-refractivity contribution is 7.90. The zero-order valence-electron chi connectivity index (χ0n) is 50.4. The Labute approximate surface area is 505 Å². The van der Waals surface area contributed by atoms with Crippen LogP contribution in [-0.4, -0.2) is 126 Å². The zero-order chi connectivity index (χ0) is 61.0. The van der Waals surface area contributed by atoms with Gasteiger partial charge in [-0.15, -0.1) is 15.3 Å². The van der Waals surface area contributed by atoms with Crippen molar-refractivity contribution in [1.82, 2.24) is 60.0 Å². The maximum Gasteiger partial charge on any atom is 0.284 e. The Hall–Kier alpha value is -7.57. The number of ether oxygens (including phenoxy) is 1. The lowest BCUT2D eigenvalue weighted by molar-refractivity contribution is -0.144. The second-order valence-electron chi connectivity index (χ2n) is 25.7. The molecule has 7 aromatic rings. The van der Waals surface area contributed by atoms with E-state index < -0.39 is 69.0 Å². The number of hydrogen-bond donors (Lipinski definition) is 5. The minimum absolute atomic E-state index is 0.0157. The molecule has 4 saturated carbocycles. The molecular formula is C62H78N14O8S2. The average molecular weight is 1210 g/mol. The summed E-state index contributed by atoms with van der Waals surface area (Å²) >= 11 is 1.51. The third-order valence-electron chi connectivity index (χ3n) is 18.1. The van der Waals surface area contributed by atoms with Gasteiger partial charge in [-0.2, -0.15) is 5.10 Å². The average Bonchev–Trinajstić information content (AvgIpc) is 0.920. The van der Waals surface area contributed by atoms with Crippen LogP contribution in [0.25, 0.3) is 32.2 Å². The Morgan fingerprint density at radius 1 is 0.895 bits per heavy atom. The number of β-amino-alcohol motifs (C(OH)–C–C–N with tert-alkyl or cyclic N) is 1. The van der Waals surface area contributed by atoms with Crippen LogP contribution in [-0.2, 0) is 38.0 Å².